The smallest absolute Gasteiger partial charge is 0.261 e. The molecule has 2 unspecified atom stereocenters. The third-order valence-corrected chi connectivity index (χ3v) is 4.76. The summed E-state index contributed by atoms with van der Waals surface area (Å²) in [7, 11) is 0. The summed E-state index contributed by atoms with van der Waals surface area (Å²) in [6.45, 7) is 11.9. The molecule has 0 aliphatic carbocycles. The highest BCUT2D eigenvalue weighted by Crippen LogP contribution is 2.26. The molecular weight excluding hydrogens is 364 g/mol. The molecule has 0 spiro atoms. The van der Waals surface area contributed by atoms with Crippen molar-refractivity contribution in [3.63, 3.8) is 0 Å². The average Bonchev–Trinajstić information content (AvgIpc) is 2.67. The molecule has 29 heavy (non-hydrogen) atoms. The number of benzene rings is 2. The first-order chi connectivity index (χ1) is 13.6. The van der Waals surface area contributed by atoms with Crippen molar-refractivity contribution in [3.8, 4) is 5.75 Å². The van der Waals surface area contributed by atoms with Gasteiger partial charge in [-0.2, -0.15) is 0 Å². The normalized spacial score (nSPS) is 13.3. The largest absolute Gasteiger partial charge is 0.481 e. The molecule has 0 saturated heterocycles. The summed E-state index contributed by atoms with van der Waals surface area (Å²) in [5.74, 6) is 0.478. The summed E-state index contributed by atoms with van der Waals surface area (Å²) in [5, 5.41) is 5.79. The lowest BCUT2D eigenvalue weighted by Gasteiger charge is -2.22. The summed E-state index contributed by atoms with van der Waals surface area (Å²) in [6, 6.07) is 15.2. The zero-order chi connectivity index (χ0) is 21.6. The highest BCUT2D eigenvalue weighted by Gasteiger charge is 2.19. The number of carbonyl (C=O) groups excluding carboxylic acids is 2. The minimum absolute atomic E-state index is 0.0160. The zero-order valence-corrected chi connectivity index (χ0v) is 18.2. The molecule has 0 saturated carbocycles. The van der Waals surface area contributed by atoms with E-state index in [4.69, 9.17) is 4.74 Å². The van der Waals surface area contributed by atoms with E-state index in [1.54, 1.807) is 6.92 Å². The van der Waals surface area contributed by atoms with Crippen molar-refractivity contribution in [2.24, 2.45) is 0 Å². The Balaban J connectivity index is 1.96. The van der Waals surface area contributed by atoms with Crippen LogP contribution in [0.3, 0.4) is 0 Å². The molecule has 2 atom stereocenters. The lowest BCUT2D eigenvalue weighted by atomic mass is 9.87. The molecule has 2 aromatic rings. The molecule has 0 bridgehead atoms. The van der Waals surface area contributed by atoms with Gasteiger partial charge in [-0.05, 0) is 54.7 Å². The fourth-order valence-electron chi connectivity index (χ4n) is 2.81. The van der Waals surface area contributed by atoms with Crippen molar-refractivity contribution >= 4 is 17.5 Å². The molecule has 2 amide bonds. The Morgan fingerprint density at radius 3 is 2.28 bits per heavy atom. The van der Waals surface area contributed by atoms with E-state index in [0.29, 0.717) is 12.2 Å². The van der Waals surface area contributed by atoms with Crippen LogP contribution in [0.15, 0.2) is 48.5 Å². The minimum Gasteiger partial charge on any atom is -0.481 e. The average molecular weight is 397 g/mol. The lowest BCUT2D eigenvalue weighted by molar-refractivity contribution is -0.128. The van der Waals surface area contributed by atoms with Crippen LogP contribution in [-0.2, 0) is 15.0 Å². The first kappa shape index (κ1) is 22.5. The van der Waals surface area contributed by atoms with Gasteiger partial charge < -0.3 is 15.4 Å². The van der Waals surface area contributed by atoms with Gasteiger partial charge in [0.2, 0.25) is 5.91 Å². The number of hydrogen-bond acceptors (Lipinski definition) is 3. The predicted molar refractivity (Wildman–Crippen MR) is 117 cm³/mol. The lowest BCUT2D eigenvalue weighted by Crippen LogP contribution is -2.37. The van der Waals surface area contributed by atoms with Crippen LogP contribution in [0, 0.1) is 0 Å². The second kappa shape index (κ2) is 9.59. The molecule has 156 valence electrons. The quantitative estimate of drug-likeness (QED) is 0.694. The number of ether oxygens (including phenoxy) is 1. The predicted octanol–water partition coefficient (Wildman–Crippen LogP) is 4.98. The first-order valence-electron chi connectivity index (χ1n) is 10.1. The molecule has 0 aliphatic rings. The zero-order valence-electron chi connectivity index (χ0n) is 18.2. The number of nitrogens with one attached hydrogen (secondary N) is 2. The molecule has 0 fully saturated rings. The Hall–Kier alpha value is -2.82. The summed E-state index contributed by atoms with van der Waals surface area (Å²) in [5.41, 5.74) is 2.87. The van der Waals surface area contributed by atoms with Crippen molar-refractivity contribution in [2.45, 2.75) is 65.5 Å². The SMILES string of the molecule is CCC(=O)Nc1ccc(C(C)NC(=O)C(C)Oc2cccc(C(C)(C)C)c2)cc1. The van der Waals surface area contributed by atoms with E-state index in [-0.39, 0.29) is 23.3 Å². The van der Waals surface area contributed by atoms with Crippen molar-refractivity contribution in [3.05, 3.63) is 59.7 Å². The molecular formula is C24H32N2O3. The van der Waals surface area contributed by atoms with Crippen LogP contribution in [0.4, 0.5) is 5.69 Å². The molecule has 2 N–H and O–H groups in total. The minimum atomic E-state index is -0.615. The molecule has 0 radical (unpaired) electrons. The van der Waals surface area contributed by atoms with E-state index in [2.05, 4.69) is 37.5 Å². The highest BCUT2D eigenvalue weighted by atomic mass is 16.5. The summed E-state index contributed by atoms with van der Waals surface area (Å²) in [4.78, 5) is 24.0. The number of rotatable bonds is 7. The molecule has 0 aliphatic heterocycles. The van der Waals surface area contributed by atoms with Crippen molar-refractivity contribution in [1.82, 2.24) is 5.32 Å². The summed E-state index contributed by atoms with van der Waals surface area (Å²) >= 11 is 0. The van der Waals surface area contributed by atoms with E-state index >= 15 is 0 Å². The maximum Gasteiger partial charge on any atom is 0.261 e. The Bertz CT molecular complexity index is 838. The fraction of sp³-hybridized carbons (Fsp3) is 0.417. The number of hydrogen-bond donors (Lipinski definition) is 2. The van der Waals surface area contributed by atoms with Gasteiger partial charge in [0, 0.05) is 12.1 Å². The maximum absolute atomic E-state index is 12.6. The van der Waals surface area contributed by atoms with Gasteiger partial charge in [0.15, 0.2) is 6.10 Å². The van der Waals surface area contributed by atoms with Gasteiger partial charge in [-0.15, -0.1) is 0 Å². The van der Waals surface area contributed by atoms with E-state index in [0.717, 1.165) is 16.8 Å². The van der Waals surface area contributed by atoms with Crippen LogP contribution in [-0.4, -0.2) is 17.9 Å². The van der Waals surface area contributed by atoms with Crippen LogP contribution in [0.5, 0.6) is 5.75 Å². The third-order valence-electron chi connectivity index (χ3n) is 4.76. The van der Waals surface area contributed by atoms with E-state index < -0.39 is 6.10 Å². The molecule has 5 nitrogen and oxygen atoms in total. The van der Waals surface area contributed by atoms with Crippen LogP contribution in [0.1, 0.15) is 65.1 Å². The van der Waals surface area contributed by atoms with Crippen LogP contribution < -0.4 is 15.4 Å². The van der Waals surface area contributed by atoms with Crippen molar-refractivity contribution in [1.29, 1.82) is 0 Å². The van der Waals surface area contributed by atoms with Crippen LogP contribution in [0.2, 0.25) is 0 Å². The van der Waals surface area contributed by atoms with Crippen LogP contribution in [0.25, 0.3) is 0 Å². The molecule has 0 aromatic heterocycles. The van der Waals surface area contributed by atoms with Crippen LogP contribution >= 0.6 is 0 Å². The Labute approximate surface area is 173 Å². The molecule has 0 heterocycles. The van der Waals surface area contributed by atoms with Gasteiger partial charge >= 0.3 is 0 Å². The van der Waals surface area contributed by atoms with Gasteiger partial charge in [0.05, 0.1) is 6.04 Å². The monoisotopic (exact) mass is 396 g/mol. The molecule has 5 heteroatoms. The van der Waals surface area contributed by atoms with Gasteiger partial charge in [-0.1, -0.05) is 52.0 Å². The number of anilines is 1. The summed E-state index contributed by atoms with van der Waals surface area (Å²) in [6.07, 6.45) is -0.180. The van der Waals surface area contributed by atoms with E-state index in [1.165, 1.54) is 0 Å². The van der Waals surface area contributed by atoms with E-state index in [1.807, 2.05) is 56.3 Å². The fourth-order valence-corrected chi connectivity index (χ4v) is 2.81. The summed E-state index contributed by atoms with van der Waals surface area (Å²) < 4.78 is 5.86. The second-order valence-corrected chi connectivity index (χ2v) is 8.29. The Morgan fingerprint density at radius 1 is 1.03 bits per heavy atom. The highest BCUT2D eigenvalue weighted by molar-refractivity contribution is 5.90. The Morgan fingerprint density at radius 2 is 1.69 bits per heavy atom. The second-order valence-electron chi connectivity index (χ2n) is 8.29. The van der Waals surface area contributed by atoms with Gasteiger partial charge in [-0.3, -0.25) is 9.59 Å². The molecule has 2 aromatic carbocycles. The van der Waals surface area contributed by atoms with Crippen molar-refractivity contribution < 1.29 is 14.3 Å². The topological polar surface area (TPSA) is 67.4 Å². The van der Waals surface area contributed by atoms with E-state index in [9.17, 15) is 9.59 Å². The standard InChI is InChI=1S/C24H32N2O3/c1-7-22(27)26-20-13-11-18(12-14-20)16(2)25-23(28)17(3)29-21-10-8-9-19(15-21)24(4,5)6/h8-17H,7H2,1-6H3,(H,25,28)(H,26,27). The van der Waals surface area contributed by atoms with Gasteiger partial charge in [-0.25, -0.2) is 0 Å². The third kappa shape index (κ3) is 6.63. The van der Waals surface area contributed by atoms with Gasteiger partial charge in [0.1, 0.15) is 5.75 Å². The van der Waals surface area contributed by atoms with Crippen molar-refractivity contribution in [2.75, 3.05) is 5.32 Å². The maximum atomic E-state index is 12.6. The van der Waals surface area contributed by atoms with Gasteiger partial charge in [0.25, 0.3) is 5.91 Å². The Kier molecular flexibility index (Phi) is 7.43. The number of carbonyl (C=O) groups is 2. The first-order valence-corrected chi connectivity index (χ1v) is 10.1. The molecule has 2 rings (SSSR count). The number of amides is 2.